The molecule has 0 aromatic heterocycles. The minimum atomic E-state index is -1.58. The summed E-state index contributed by atoms with van der Waals surface area (Å²) in [7, 11) is 19.1. The second kappa shape index (κ2) is 98.2. The van der Waals surface area contributed by atoms with Crippen molar-refractivity contribution in [3.05, 3.63) is 213 Å². The van der Waals surface area contributed by atoms with Gasteiger partial charge in [-0.1, -0.05) is 352 Å². The number of alkyl carbamates (subject to hydrolysis) is 2. The second-order valence-corrected chi connectivity index (χ2v) is 27.1. The average Bonchev–Trinajstić information content (AvgIpc) is 1.41. The summed E-state index contributed by atoms with van der Waals surface area (Å²) in [6.45, 7) is 70.2. The van der Waals surface area contributed by atoms with E-state index < -0.39 is 30.4 Å². The monoisotopic (exact) mass is 2030 g/mol. The fraction of sp³-hybridized carbons (Fsp3) is 0.549. The average molecular weight is 2030 g/mol. The van der Waals surface area contributed by atoms with E-state index in [-0.39, 0.29) is 34.7 Å². The molecular weight excluding hydrogens is 1840 g/mol. The molecule has 0 saturated heterocycles. The molecule has 0 radical (unpaired) electrons. The number of carbonyl (C=O) groups is 6. The molecule has 22 heteroatoms. The number of methoxy groups -OCH3 is 2. The van der Waals surface area contributed by atoms with Crippen LogP contribution in [0.2, 0.25) is 0 Å². The first-order valence-corrected chi connectivity index (χ1v) is 51.5. The molecule has 8 rings (SSSR count). The van der Waals surface area contributed by atoms with Gasteiger partial charge < -0.3 is 60.4 Å². The highest BCUT2D eigenvalue weighted by molar-refractivity contribution is 15.0. The van der Waals surface area contributed by atoms with Crippen molar-refractivity contribution in [3.8, 4) is 0 Å². The van der Waals surface area contributed by atoms with Gasteiger partial charge in [0.1, 0.15) is 0 Å². The lowest BCUT2D eigenvalue weighted by atomic mass is 9.72. The van der Waals surface area contributed by atoms with Crippen molar-refractivity contribution in [2.75, 3.05) is 84.7 Å². The third kappa shape index (κ3) is 75.2. The van der Waals surface area contributed by atoms with Crippen molar-refractivity contribution >= 4 is 118 Å². The highest BCUT2D eigenvalue weighted by atomic mass is 128. The maximum absolute atomic E-state index is 11.5. The van der Waals surface area contributed by atoms with Crippen LogP contribution in [0, 0.1) is 0 Å². The van der Waals surface area contributed by atoms with E-state index in [9.17, 15) is 38.8 Å². The molecule has 6 N–H and O–H groups in total. The van der Waals surface area contributed by atoms with Crippen molar-refractivity contribution in [2.45, 2.75) is 297 Å². The van der Waals surface area contributed by atoms with Crippen molar-refractivity contribution < 1.29 is 48.3 Å². The number of allylic oxidation sites excluding steroid dienone is 16. The Kier molecular flexibility index (Phi) is 118. The number of nitrogens with one attached hydrogen (secondary N) is 2. The van der Waals surface area contributed by atoms with Gasteiger partial charge in [-0.15, -0.1) is 0 Å². The molecule has 4 aliphatic rings. The number of halogens is 3. The zero-order valence-corrected chi connectivity index (χ0v) is 93.6. The smallest absolute Gasteiger partial charge is 0.453 e. The summed E-state index contributed by atoms with van der Waals surface area (Å²) in [6.07, 6.45) is 28.7. The Morgan fingerprint density at radius 1 is 0.371 bits per heavy atom. The minimum Gasteiger partial charge on any atom is -0.453 e. The van der Waals surface area contributed by atoms with Crippen LogP contribution in [0.4, 0.5) is 9.59 Å². The number of nitrogens with zero attached hydrogens (tertiary/aromatic N) is 5. The van der Waals surface area contributed by atoms with Crippen LogP contribution in [0.5, 0.6) is 0 Å². The van der Waals surface area contributed by atoms with Crippen LogP contribution in [0.1, 0.15) is 314 Å². The van der Waals surface area contributed by atoms with Crippen molar-refractivity contribution in [2.24, 2.45) is 5.73 Å². The Bertz CT molecular complexity index is 3400. The molecule has 0 bridgehead atoms. The van der Waals surface area contributed by atoms with Crippen molar-refractivity contribution in [1.29, 1.82) is 0 Å². The fourth-order valence-electron chi connectivity index (χ4n) is 8.57. The first-order valence-electron chi connectivity index (χ1n) is 44.4. The number of amides is 6. The highest BCUT2D eigenvalue weighted by Crippen LogP contribution is 2.36. The first-order chi connectivity index (χ1) is 58.5. The summed E-state index contributed by atoms with van der Waals surface area (Å²) >= 11 is 7.58. The van der Waals surface area contributed by atoms with Gasteiger partial charge in [0.25, 0.3) is 0 Å². The molecule has 0 fully saturated rings. The van der Waals surface area contributed by atoms with E-state index >= 15 is 0 Å². The second-order valence-electron chi connectivity index (χ2n) is 26.1. The van der Waals surface area contributed by atoms with Gasteiger partial charge in [-0.05, 0) is 161 Å². The molecule has 0 unspecified atom stereocenters. The summed E-state index contributed by atoms with van der Waals surface area (Å²) in [5, 5.41) is 24.1. The highest BCUT2D eigenvalue weighted by Gasteiger charge is 2.31. The van der Waals surface area contributed by atoms with Crippen LogP contribution in [0.25, 0.3) is 16.7 Å². The van der Waals surface area contributed by atoms with Crippen LogP contribution in [-0.2, 0) is 50.8 Å². The molecule has 124 heavy (non-hydrogen) atoms. The summed E-state index contributed by atoms with van der Waals surface area (Å²) in [5.41, 5.74) is 17.3. The Morgan fingerprint density at radius 3 is 0.798 bits per heavy atom. The third-order valence-electron chi connectivity index (χ3n) is 15.6. The number of hydrogen-bond donors (Lipinski definition) is 5. The van der Waals surface area contributed by atoms with Gasteiger partial charge in [0.05, 0.1) is 25.3 Å². The predicted molar refractivity (Wildman–Crippen MR) is 574 cm³/mol. The number of nitrogens with two attached hydrogens (primary N) is 1. The Labute approximate surface area is 796 Å². The van der Waals surface area contributed by atoms with E-state index in [0.717, 1.165) is 31.2 Å². The van der Waals surface area contributed by atoms with Gasteiger partial charge in [-0.3, -0.25) is 19.2 Å². The molecular formula is C102H186BBrI2N8O10. The van der Waals surface area contributed by atoms with Crippen LogP contribution in [0.15, 0.2) is 174 Å². The standard InChI is InChI=1S/C16H19NO2.C16H21N.C14H17N.C11H16BNO4.C5H5Br.4C4H9NO.12C2H6.I2/c1-16(2,17-15(18)19-3)14-11-7-6-10-13(14)12-8-4-5-9-12;1-16(2,17(3)4)15-12-8-7-11-14(15)13-9-5-6-10-13;1-14(2,15)13-10-6-5-9-12(13)11-7-3-4-8-11;1-11(2,13-10(14)17-3)8-6-4-5-7-9(8)12(15)16;6-5-3-1-2-4-5;4*1-4(6)5(2)3;13*1-2/h4-8,10-11H,9H2,1-3H3,(H,17,18);5-9,11-12H,10H2,1-4H3;3-7,9-10H,8,15H2,1-2H3;4-7,15-16H,1-3H3,(H,13,14);1-3H,4H2;4*1-3H3;12*1-2H3;. The molecule has 0 atom stereocenters. The van der Waals surface area contributed by atoms with Crippen LogP contribution in [-0.4, -0.2) is 162 Å². The molecule has 0 aliphatic heterocycles. The van der Waals surface area contributed by atoms with Gasteiger partial charge in [-0.25, -0.2) is 9.59 Å². The fourth-order valence-corrected chi connectivity index (χ4v) is 8.91. The number of hydrogen-bond acceptors (Lipinski definition) is 12. The van der Waals surface area contributed by atoms with E-state index in [0.29, 0.717) is 11.0 Å². The SMILES string of the molecule is BrC1=CC=CC1.CC.CC.CC.CC.CC.CC.CC.CC.CC.CC.CC.CC.CC(=O)N(C)C.CC(=O)N(C)C.CC(=O)N(C)C.CC(=O)N(C)C.CC(C)(N)c1ccccc1C1=CC=CC1.CN(C)C(C)(C)c1ccccc1C1=CC=CC1.COC(=O)NC(C)(C)c1ccccc1B(O)O.COC(=O)NC(C)(C)c1ccccc1C1=CC=CC1.II. The van der Waals surface area contributed by atoms with Gasteiger partial charge in [0.2, 0.25) is 23.6 Å². The zero-order chi connectivity index (χ0) is 101. The van der Waals surface area contributed by atoms with Crippen molar-refractivity contribution in [3.63, 3.8) is 0 Å². The van der Waals surface area contributed by atoms with E-state index in [2.05, 4.69) is 237 Å². The van der Waals surface area contributed by atoms with Crippen LogP contribution < -0.4 is 21.8 Å². The van der Waals surface area contributed by atoms with Gasteiger partial charge >= 0.3 is 19.3 Å². The predicted octanol–water partition coefficient (Wildman–Crippen LogP) is 27.3. The first kappa shape index (κ1) is 148. The lowest BCUT2D eigenvalue weighted by Gasteiger charge is -2.35. The zero-order valence-electron chi connectivity index (χ0n) is 87.7. The maximum Gasteiger partial charge on any atom is 0.488 e. The Morgan fingerprint density at radius 2 is 0.589 bits per heavy atom. The van der Waals surface area contributed by atoms with Gasteiger partial charge in [-0.2, -0.15) is 0 Å². The summed E-state index contributed by atoms with van der Waals surface area (Å²) < 4.78 is 10.5. The van der Waals surface area contributed by atoms with E-state index in [1.54, 1.807) is 94.5 Å². The quantitative estimate of drug-likeness (QED) is 0.0698. The number of carbonyl (C=O) groups excluding carboxylic acids is 6. The molecule has 0 saturated carbocycles. The Balaban J connectivity index is -0.0000000909. The largest absolute Gasteiger partial charge is 0.488 e. The number of benzene rings is 4. The molecule has 0 heterocycles. The van der Waals surface area contributed by atoms with Crippen molar-refractivity contribution in [1.82, 2.24) is 35.1 Å². The van der Waals surface area contributed by atoms with E-state index in [1.165, 1.54) is 111 Å². The van der Waals surface area contributed by atoms with Crippen LogP contribution in [0.3, 0.4) is 0 Å². The van der Waals surface area contributed by atoms with Gasteiger partial charge in [0.15, 0.2) is 0 Å². The Hall–Kier alpha value is -6.94. The molecule has 6 amide bonds. The van der Waals surface area contributed by atoms with Gasteiger partial charge in [0, 0.05) is 132 Å². The summed E-state index contributed by atoms with van der Waals surface area (Å²) in [6, 6.07) is 32.1. The summed E-state index contributed by atoms with van der Waals surface area (Å²) in [4.78, 5) is 71.4. The molecule has 4 aliphatic carbocycles. The lowest BCUT2D eigenvalue weighted by molar-refractivity contribution is -0.127. The lowest BCUT2D eigenvalue weighted by Crippen LogP contribution is -2.47. The molecule has 4 aromatic carbocycles. The topological polar surface area (TPSA) is 228 Å². The molecule has 0 spiro atoms. The van der Waals surface area contributed by atoms with E-state index in [1.807, 2.05) is 204 Å². The molecule has 18 nitrogen and oxygen atoms in total. The van der Waals surface area contributed by atoms with Crippen LogP contribution >= 0.6 is 53.2 Å². The number of ether oxygens (including phenoxy) is 2. The maximum atomic E-state index is 11.5. The number of rotatable bonds is 11. The normalized spacial score (nSPS) is 10.7. The molecule has 4 aromatic rings. The molecule has 718 valence electrons. The third-order valence-corrected chi connectivity index (χ3v) is 16.2. The minimum absolute atomic E-state index is 0.0556. The van der Waals surface area contributed by atoms with E-state index in [4.69, 9.17) is 10.5 Å². The summed E-state index contributed by atoms with van der Waals surface area (Å²) in [5.74, 6) is 0.370.